The van der Waals surface area contributed by atoms with Gasteiger partial charge in [0.15, 0.2) is 5.82 Å². The van der Waals surface area contributed by atoms with E-state index in [1.807, 2.05) is 0 Å². The summed E-state index contributed by atoms with van der Waals surface area (Å²) in [6, 6.07) is 20.3. The molecule has 0 amide bonds. The second kappa shape index (κ2) is 6.84. The van der Waals surface area contributed by atoms with Crippen molar-refractivity contribution in [2.75, 3.05) is 9.80 Å². The molecule has 0 radical (unpaired) electrons. The van der Waals surface area contributed by atoms with Gasteiger partial charge in [-0.25, -0.2) is 4.98 Å². The molecule has 1 atom stereocenters. The summed E-state index contributed by atoms with van der Waals surface area (Å²) in [4.78, 5) is 10.5. The van der Waals surface area contributed by atoms with Gasteiger partial charge in [0.1, 0.15) is 6.17 Å². The Kier molecular flexibility index (Phi) is 4.50. The van der Waals surface area contributed by atoms with E-state index in [4.69, 9.17) is 4.98 Å². The van der Waals surface area contributed by atoms with Crippen molar-refractivity contribution in [3.8, 4) is 11.3 Å². The Hall–Kier alpha value is -2.81. The van der Waals surface area contributed by atoms with Crippen LogP contribution in [0.1, 0.15) is 58.2 Å². The Morgan fingerprint density at radius 1 is 0.812 bits per heavy atom. The van der Waals surface area contributed by atoms with Crippen LogP contribution in [-0.2, 0) is 5.41 Å². The van der Waals surface area contributed by atoms with Crippen LogP contribution in [0.4, 0.5) is 17.2 Å². The molecular formula is C29H35N3. The van der Waals surface area contributed by atoms with E-state index in [2.05, 4.69) is 120 Å². The van der Waals surface area contributed by atoms with Crippen molar-refractivity contribution < 1.29 is 0 Å². The third kappa shape index (κ3) is 2.63. The molecule has 3 heteroatoms. The normalized spacial score (nSPS) is 20.2. The van der Waals surface area contributed by atoms with Crippen LogP contribution in [-0.4, -0.2) is 17.2 Å². The Morgan fingerprint density at radius 3 is 2.12 bits per heavy atom. The Morgan fingerprint density at radius 2 is 1.47 bits per heavy atom. The van der Waals surface area contributed by atoms with Crippen LogP contribution >= 0.6 is 0 Å². The van der Waals surface area contributed by atoms with Crippen molar-refractivity contribution in [2.24, 2.45) is 5.41 Å². The summed E-state index contributed by atoms with van der Waals surface area (Å²) in [5.41, 5.74) is 8.81. The minimum atomic E-state index is 0.00503. The van der Waals surface area contributed by atoms with E-state index < -0.39 is 0 Å². The van der Waals surface area contributed by atoms with Gasteiger partial charge in [-0.05, 0) is 62.6 Å². The molecule has 3 heterocycles. The number of anilines is 3. The quantitative estimate of drug-likeness (QED) is 0.427. The average Bonchev–Trinajstić information content (AvgIpc) is 3.08. The zero-order chi connectivity index (χ0) is 23.0. The number of fused-ring (bicyclic) bond motifs is 5. The molecule has 32 heavy (non-hydrogen) atoms. The van der Waals surface area contributed by atoms with E-state index in [1.54, 1.807) is 0 Å². The molecule has 2 aliphatic heterocycles. The first-order valence-corrected chi connectivity index (χ1v) is 11.8. The van der Waals surface area contributed by atoms with Gasteiger partial charge in [0, 0.05) is 28.1 Å². The summed E-state index contributed by atoms with van der Waals surface area (Å²) in [6.45, 7) is 18.6. The lowest BCUT2D eigenvalue weighted by Crippen LogP contribution is -2.62. The molecular weight excluding hydrogens is 390 g/mol. The van der Waals surface area contributed by atoms with Gasteiger partial charge in [0.2, 0.25) is 0 Å². The van der Waals surface area contributed by atoms with E-state index in [0.29, 0.717) is 6.04 Å². The number of benzene rings is 2. The summed E-state index contributed by atoms with van der Waals surface area (Å²) in [7, 11) is 0. The molecule has 2 aliphatic rings. The van der Waals surface area contributed by atoms with Crippen LogP contribution in [0.5, 0.6) is 0 Å². The zero-order valence-electron chi connectivity index (χ0n) is 20.7. The minimum Gasteiger partial charge on any atom is -0.345 e. The number of hydrogen-bond donors (Lipinski definition) is 0. The van der Waals surface area contributed by atoms with Crippen LogP contribution in [0.25, 0.3) is 11.3 Å². The molecule has 0 fully saturated rings. The molecule has 0 N–H and O–H groups in total. The van der Waals surface area contributed by atoms with Gasteiger partial charge >= 0.3 is 0 Å². The smallest absolute Gasteiger partial charge is 0.159 e. The Bertz CT molecular complexity index is 1180. The van der Waals surface area contributed by atoms with Crippen LogP contribution in [0.3, 0.4) is 0 Å². The van der Waals surface area contributed by atoms with Gasteiger partial charge in [-0.3, -0.25) is 0 Å². The second-order valence-corrected chi connectivity index (χ2v) is 10.9. The maximum Gasteiger partial charge on any atom is 0.159 e. The van der Waals surface area contributed by atoms with Gasteiger partial charge < -0.3 is 9.80 Å². The molecule has 5 rings (SSSR count). The molecule has 0 saturated heterocycles. The number of aryl methyl sites for hydroxylation is 2. The fourth-order valence-corrected chi connectivity index (χ4v) is 5.91. The number of nitrogens with zero attached hydrogens (tertiary/aromatic N) is 3. The van der Waals surface area contributed by atoms with Gasteiger partial charge in [-0.2, -0.15) is 0 Å². The molecule has 3 aromatic rings. The molecule has 2 aromatic carbocycles. The van der Waals surface area contributed by atoms with Crippen molar-refractivity contribution >= 4 is 17.2 Å². The van der Waals surface area contributed by atoms with Crippen LogP contribution in [0.2, 0.25) is 0 Å². The first-order valence-electron chi connectivity index (χ1n) is 11.8. The summed E-state index contributed by atoms with van der Waals surface area (Å²) in [5.74, 6) is 1.08. The maximum atomic E-state index is 5.36. The molecule has 166 valence electrons. The standard InChI is InChI=1S/C29H35N3/c1-18(2)31-24-17-16-22(25-19(3)12-11-13-20(25)4)30-26(24)32-23-15-10-9-14-21(23)28(5,6)29(7,8)27(31)32/h9-18,27H,1-8H3. The third-order valence-electron chi connectivity index (χ3n) is 8.26. The Labute approximate surface area is 193 Å². The Balaban J connectivity index is 1.80. The van der Waals surface area contributed by atoms with Crippen LogP contribution in [0, 0.1) is 19.3 Å². The fourth-order valence-electron chi connectivity index (χ4n) is 5.91. The number of pyridine rings is 1. The van der Waals surface area contributed by atoms with Crippen molar-refractivity contribution in [3.05, 3.63) is 71.3 Å². The van der Waals surface area contributed by atoms with E-state index in [1.165, 1.54) is 33.6 Å². The molecule has 0 aliphatic carbocycles. The summed E-state index contributed by atoms with van der Waals surface area (Å²) in [6.07, 6.45) is 0.211. The highest BCUT2D eigenvalue weighted by atomic mass is 15.5. The first kappa shape index (κ1) is 21.1. The minimum absolute atomic E-state index is 0.00503. The molecule has 1 unspecified atom stereocenters. The lowest BCUT2D eigenvalue weighted by Gasteiger charge is -2.57. The van der Waals surface area contributed by atoms with Crippen molar-refractivity contribution in [2.45, 2.75) is 73.0 Å². The van der Waals surface area contributed by atoms with E-state index in [9.17, 15) is 0 Å². The van der Waals surface area contributed by atoms with Gasteiger partial charge in [0.05, 0.1) is 11.4 Å². The third-order valence-corrected chi connectivity index (χ3v) is 8.26. The topological polar surface area (TPSA) is 19.4 Å². The van der Waals surface area contributed by atoms with Crippen molar-refractivity contribution in [3.63, 3.8) is 0 Å². The molecule has 3 nitrogen and oxygen atoms in total. The predicted octanol–water partition coefficient (Wildman–Crippen LogP) is 7.38. The fraction of sp³-hybridized carbons (Fsp3) is 0.414. The maximum absolute atomic E-state index is 5.36. The van der Waals surface area contributed by atoms with E-state index in [0.717, 1.165) is 11.5 Å². The molecule has 1 aromatic heterocycles. The number of hydrogen-bond acceptors (Lipinski definition) is 3. The average molecular weight is 426 g/mol. The highest BCUT2D eigenvalue weighted by Crippen LogP contribution is 2.60. The van der Waals surface area contributed by atoms with Gasteiger partial charge in [0.25, 0.3) is 0 Å². The number of para-hydroxylation sites is 1. The highest BCUT2D eigenvalue weighted by molar-refractivity contribution is 5.86. The largest absolute Gasteiger partial charge is 0.345 e. The molecule has 0 spiro atoms. The van der Waals surface area contributed by atoms with Crippen LogP contribution < -0.4 is 9.80 Å². The molecule has 0 saturated carbocycles. The van der Waals surface area contributed by atoms with Gasteiger partial charge in [-0.15, -0.1) is 0 Å². The number of rotatable bonds is 2. The predicted molar refractivity (Wildman–Crippen MR) is 136 cm³/mol. The van der Waals surface area contributed by atoms with Crippen molar-refractivity contribution in [1.82, 2.24) is 4.98 Å². The second-order valence-electron chi connectivity index (χ2n) is 10.9. The van der Waals surface area contributed by atoms with E-state index in [-0.39, 0.29) is 17.0 Å². The summed E-state index contributed by atoms with van der Waals surface area (Å²) in [5, 5.41) is 0. The number of aromatic nitrogens is 1. The van der Waals surface area contributed by atoms with Crippen LogP contribution in [0.15, 0.2) is 54.6 Å². The monoisotopic (exact) mass is 425 g/mol. The SMILES string of the molecule is Cc1cccc(C)c1-c1ccc2c(n1)N1c3ccccc3C(C)(C)C(C)(C)C1N2C(C)C. The lowest BCUT2D eigenvalue weighted by molar-refractivity contribution is 0.137. The molecule has 0 bridgehead atoms. The van der Waals surface area contributed by atoms with E-state index >= 15 is 0 Å². The highest BCUT2D eigenvalue weighted by Gasteiger charge is 2.58. The van der Waals surface area contributed by atoms with Gasteiger partial charge in [-0.1, -0.05) is 64.1 Å². The van der Waals surface area contributed by atoms with Crippen molar-refractivity contribution in [1.29, 1.82) is 0 Å². The zero-order valence-corrected chi connectivity index (χ0v) is 20.7. The lowest BCUT2D eigenvalue weighted by atomic mass is 9.59. The summed E-state index contributed by atoms with van der Waals surface area (Å²) >= 11 is 0. The first-order chi connectivity index (χ1) is 15.1. The summed E-state index contributed by atoms with van der Waals surface area (Å²) < 4.78 is 0.